The minimum atomic E-state index is -1.27. The van der Waals surface area contributed by atoms with Crippen molar-refractivity contribution in [3.8, 4) is 0 Å². The first-order chi connectivity index (χ1) is 20.2. The highest BCUT2D eigenvalue weighted by Crippen LogP contribution is 2.43. The second-order valence-electron chi connectivity index (χ2n) is 10.8. The maximum atomic E-state index is 14.2. The molecule has 0 radical (unpaired) electrons. The zero-order chi connectivity index (χ0) is 29.4. The minimum Gasteiger partial charge on any atom is -0.378 e. The molecule has 218 valence electrons. The largest absolute Gasteiger partial charge is 0.378 e. The molecular weight excluding hydrogens is 643 g/mol. The number of ether oxygens (including phenoxy) is 1. The van der Waals surface area contributed by atoms with E-state index >= 15 is 0 Å². The molecule has 42 heavy (non-hydrogen) atoms. The average Bonchev–Trinajstić information content (AvgIpc) is 3.56. The van der Waals surface area contributed by atoms with Crippen LogP contribution in [0.15, 0.2) is 65.1 Å². The first-order valence-corrected chi connectivity index (χ1v) is 15.4. The first-order valence-electron chi connectivity index (χ1n) is 13.9. The van der Waals surface area contributed by atoms with E-state index in [9.17, 15) is 14.4 Å². The number of anilines is 2. The van der Waals surface area contributed by atoms with Crippen LogP contribution in [0.4, 0.5) is 11.4 Å². The van der Waals surface area contributed by atoms with Crippen molar-refractivity contribution in [2.24, 2.45) is 0 Å². The number of fused-ring (bicyclic) bond motifs is 1. The highest BCUT2D eigenvalue weighted by Gasteiger charge is 2.48. The Morgan fingerprint density at radius 3 is 2.60 bits per heavy atom. The quantitative estimate of drug-likeness (QED) is 0.350. The molecular formula is C31H29BrCl2N4O4. The number of hydrogen-bond donors (Lipinski definition) is 2. The zero-order valence-electron chi connectivity index (χ0n) is 22.7. The summed E-state index contributed by atoms with van der Waals surface area (Å²) in [4.78, 5) is 44.9. The molecule has 0 saturated carbocycles. The fraction of sp³-hybridized carbons (Fsp3) is 0.323. The summed E-state index contributed by atoms with van der Waals surface area (Å²) < 4.78 is 6.14. The summed E-state index contributed by atoms with van der Waals surface area (Å²) in [6.07, 6.45) is 1.60. The van der Waals surface area contributed by atoms with Crippen molar-refractivity contribution in [2.75, 3.05) is 43.5 Å². The summed E-state index contributed by atoms with van der Waals surface area (Å²) in [5, 5.41) is 7.51. The lowest BCUT2D eigenvalue weighted by Crippen LogP contribution is -2.51. The maximum absolute atomic E-state index is 14.2. The lowest BCUT2D eigenvalue weighted by atomic mass is 9.84. The van der Waals surface area contributed by atoms with Crippen molar-refractivity contribution < 1.29 is 19.1 Å². The van der Waals surface area contributed by atoms with Gasteiger partial charge in [0.25, 0.3) is 11.8 Å². The molecule has 8 nitrogen and oxygen atoms in total. The van der Waals surface area contributed by atoms with Crippen LogP contribution in [0.3, 0.4) is 0 Å². The van der Waals surface area contributed by atoms with E-state index in [0.717, 1.165) is 16.5 Å². The number of carbonyl (C=O) groups excluding carboxylic acids is 3. The van der Waals surface area contributed by atoms with Crippen molar-refractivity contribution in [1.82, 2.24) is 9.80 Å². The van der Waals surface area contributed by atoms with Crippen molar-refractivity contribution in [3.63, 3.8) is 0 Å². The van der Waals surface area contributed by atoms with Crippen LogP contribution in [0.1, 0.15) is 34.3 Å². The second-order valence-corrected chi connectivity index (χ2v) is 12.6. The van der Waals surface area contributed by atoms with E-state index in [1.165, 1.54) is 0 Å². The summed E-state index contributed by atoms with van der Waals surface area (Å²) in [6, 6.07) is 17.4. The monoisotopic (exact) mass is 670 g/mol. The van der Waals surface area contributed by atoms with Crippen LogP contribution in [0, 0.1) is 0 Å². The Hall–Kier alpha value is -3.11. The third-order valence-electron chi connectivity index (χ3n) is 8.12. The number of carbonyl (C=O) groups is 3. The van der Waals surface area contributed by atoms with Gasteiger partial charge in [0.05, 0.1) is 18.8 Å². The molecule has 0 spiro atoms. The fourth-order valence-electron chi connectivity index (χ4n) is 6.09. The van der Waals surface area contributed by atoms with E-state index < -0.39 is 11.6 Å². The first kappa shape index (κ1) is 29.0. The number of rotatable bonds is 6. The number of amides is 3. The van der Waals surface area contributed by atoms with Crippen molar-refractivity contribution in [1.29, 1.82) is 0 Å². The van der Waals surface area contributed by atoms with Gasteiger partial charge in [0.15, 0.2) is 0 Å². The van der Waals surface area contributed by atoms with Crippen molar-refractivity contribution in [2.45, 2.75) is 30.8 Å². The molecule has 3 amide bonds. The smallest absolute Gasteiger partial charge is 0.256 e. The molecule has 11 heteroatoms. The third kappa shape index (κ3) is 5.51. The van der Waals surface area contributed by atoms with Gasteiger partial charge in [0.1, 0.15) is 11.6 Å². The van der Waals surface area contributed by atoms with Crippen molar-refractivity contribution in [3.05, 3.63) is 91.9 Å². The fourth-order valence-corrected chi connectivity index (χ4v) is 6.84. The minimum absolute atomic E-state index is 0.0471. The van der Waals surface area contributed by atoms with Gasteiger partial charge in [0.2, 0.25) is 5.91 Å². The predicted octanol–water partition coefficient (Wildman–Crippen LogP) is 5.72. The predicted molar refractivity (Wildman–Crippen MR) is 166 cm³/mol. The molecule has 0 bridgehead atoms. The van der Waals surface area contributed by atoms with E-state index in [-0.39, 0.29) is 24.1 Å². The van der Waals surface area contributed by atoms with Gasteiger partial charge in [-0.05, 0) is 60.9 Å². The number of nitrogens with zero attached hydrogens (tertiary/aromatic N) is 2. The number of benzene rings is 3. The van der Waals surface area contributed by atoms with Crippen LogP contribution < -0.4 is 10.6 Å². The van der Waals surface area contributed by atoms with Gasteiger partial charge in [0, 0.05) is 57.5 Å². The highest BCUT2D eigenvalue weighted by molar-refractivity contribution is 9.10. The van der Waals surface area contributed by atoms with Gasteiger partial charge in [-0.25, -0.2) is 0 Å². The molecule has 0 aromatic heterocycles. The van der Waals surface area contributed by atoms with Gasteiger partial charge < -0.3 is 25.2 Å². The standard InChI is InChI=1S/C31H29BrCl2N4O4/c32-20-6-8-23(28(39)38-10-2-5-27(38)29(40)37-11-13-42-14-12-37)25(16-20)36-31(18-19-3-1-4-21(33)15-19)24-9-7-22(34)17-26(24)35-30(31)41/h1,3-4,6-9,15-17,27,36H,2,5,10-14,18H2,(H,35,41)/t27-,31?/m1/s1. The van der Waals surface area contributed by atoms with Gasteiger partial charge >= 0.3 is 0 Å². The number of likely N-dealkylation sites (tertiary alicyclic amines) is 1. The highest BCUT2D eigenvalue weighted by atomic mass is 79.9. The third-order valence-corrected chi connectivity index (χ3v) is 9.08. The molecule has 3 aliphatic heterocycles. The summed E-state index contributed by atoms with van der Waals surface area (Å²) in [5.74, 6) is -0.587. The number of hydrogen-bond acceptors (Lipinski definition) is 5. The Morgan fingerprint density at radius 1 is 1.02 bits per heavy atom. The summed E-state index contributed by atoms with van der Waals surface area (Å²) >= 11 is 16.1. The van der Waals surface area contributed by atoms with Gasteiger partial charge in [-0.1, -0.05) is 57.3 Å². The molecule has 3 heterocycles. The molecule has 1 unspecified atom stereocenters. The van der Waals surface area contributed by atoms with Crippen LogP contribution in [0.5, 0.6) is 0 Å². The van der Waals surface area contributed by atoms with Gasteiger partial charge in [-0.15, -0.1) is 0 Å². The van der Waals surface area contributed by atoms with E-state index in [1.54, 1.807) is 46.2 Å². The van der Waals surface area contributed by atoms with Crippen LogP contribution >= 0.6 is 39.1 Å². The van der Waals surface area contributed by atoms with Crippen LogP contribution in [0.2, 0.25) is 10.0 Å². The molecule has 2 fully saturated rings. The SMILES string of the molecule is O=C([C@H]1CCCN1C(=O)c1ccc(Br)cc1NC1(Cc2cccc(Cl)c2)C(=O)Nc2cc(Cl)ccc21)N1CCOCC1. The molecule has 2 atom stereocenters. The van der Waals surface area contributed by atoms with E-state index in [1.807, 2.05) is 24.3 Å². The summed E-state index contributed by atoms with van der Waals surface area (Å²) in [5.41, 5.74) is 1.72. The Kier molecular flexibility index (Phi) is 8.20. The number of halogens is 3. The van der Waals surface area contributed by atoms with Crippen LogP contribution in [-0.4, -0.2) is 66.4 Å². The second kappa shape index (κ2) is 11.9. The van der Waals surface area contributed by atoms with Gasteiger partial charge in [-0.3, -0.25) is 14.4 Å². The molecule has 3 aromatic carbocycles. The molecule has 6 rings (SSSR count). The van der Waals surface area contributed by atoms with Crippen molar-refractivity contribution >= 4 is 68.2 Å². The van der Waals surface area contributed by atoms with Crippen LogP contribution in [0.25, 0.3) is 0 Å². The van der Waals surface area contributed by atoms with E-state index in [2.05, 4.69) is 26.6 Å². The zero-order valence-corrected chi connectivity index (χ0v) is 25.8. The number of morpholine rings is 1. The summed E-state index contributed by atoms with van der Waals surface area (Å²) in [6.45, 7) is 2.51. The Bertz CT molecular complexity index is 1560. The van der Waals surface area contributed by atoms with Crippen LogP contribution in [-0.2, 0) is 26.3 Å². The normalized spacial score (nSPS) is 21.7. The Balaban J connectivity index is 1.38. The average molecular weight is 672 g/mol. The summed E-state index contributed by atoms with van der Waals surface area (Å²) in [7, 11) is 0. The Morgan fingerprint density at radius 2 is 1.81 bits per heavy atom. The van der Waals surface area contributed by atoms with Gasteiger partial charge in [-0.2, -0.15) is 0 Å². The van der Waals surface area contributed by atoms with E-state index in [0.29, 0.717) is 71.8 Å². The Labute approximate surface area is 262 Å². The molecule has 2 saturated heterocycles. The van der Waals surface area contributed by atoms with E-state index in [4.69, 9.17) is 27.9 Å². The topological polar surface area (TPSA) is 91.0 Å². The lowest BCUT2D eigenvalue weighted by Gasteiger charge is -2.34. The maximum Gasteiger partial charge on any atom is 0.256 e. The molecule has 3 aromatic rings. The molecule has 0 aliphatic carbocycles. The molecule has 2 N–H and O–H groups in total. The number of nitrogens with one attached hydrogen (secondary N) is 2. The lowest BCUT2D eigenvalue weighted by molar-refractivity contribution is -0.139. The molecule has 3 aliphatic rings.